The SMILES string of the molecule is CCN(C(=S)NC(=O)/C=C/c1ccc(OC)c(OC)c1)c1ccccc1. The fourth-order valence-corrected chi connectivity index (χ4v) is 2.73. The Bertz CT molecular complexity index is 791. The number of anilines is 1. The molecular formula is C20H22N2O3S. The predicted molar refractivity (Wildman–Crippen MR) is 109 cm³/mol. The summed E-state index contributed by atoms with van der Waals surface area (Å²) >= 11 is 5.36. The molecule has 0 saturated carbocycles. The van der Waals surface area contributed by atoms with E-state index in [-0.39, 0.29) is 5.91 Å². The van der Waals surface area contributed by atoms with Gasteiger partial charge in [-0.2, -0.15) is 0 Å². The lowest BCUT2D eigenvalue weighted by molar-refractivity contribution is -0.115. The standard InChI is InChI=1S/C20H22N2O3S/c1-4-22(16-8-6-5-7-9-16)20(26)21-19(23)13-11-15-10-12-17(24-2)18(14-15)25-3/h5-14H,4H2,1-3H3,(H,21,23,26)/b13-11+. The highest BCUT2D eigenvalue weighted by Crippen LogP contribution is 2.27. The predicted octanol–water partition coefficient (Wildman–Crippen LogP) is 3.64. The van der Waals surface area contributed by atoms with Crippen molar-refractivity contribution in [2.45, 2.75) is 6.92 Å². The van der Waals surface area contributed by atoms with Gasteiger partial charge in [-0.15, -0.1) is 0 Å². The van der Waals surface area contributed by atoms with E-state index in [1.807, 2.05) is 48.2 Å². The van der Waals surface area contributed by atoms with Gasteiger partial charge in [-0.25, -0.2) is 0 Å². The molecular weight excluding hydrogens is 348 g/mol. The number of rotatable bonds is 6. The first-order chi connectivity index (χ1) is 12.6. The zero-order chi connectivity index (χ0) is 18.9. The van der Waals surface area contributed by atoms with Crippen LogP contribution in [0.2, 0.25) is 0 Å². The van der Waals surface area contributed by atoms with Crippen molar-refractivity contribution >= 4 is 35.0 Å². The highest BCUT2D eigenvalue weighted by Gasteiger charge is 2.11. The summed E-state index contributed by atoms with van der Waals surface area (Å²) in [6.07, 6.45) is 3.13. The molecule has 5 nitrogen and oxygen atoms in total. The number of ether oxygens (including phenoxy) is 2. The van der Waals surface area contributed by atoms with E-state index in [0.29, 0.717) is 23.2 Å². The lowest BCUT2D eigenvalue weighted by Crippen LogP contribution is -2.42. The molecule has 0 atom stereocenters. The summed E-state index contributed by atoms with van der Waals surface area (Å²) in [4.78, 5) is 14.0. The van der Waals surface area contributed by atoms with Crippen LogP contribution < -0.4 is 19.7 Å². The average Bonchev–Trinajstić information content (AvgIpc) is 2.67. The van der Waals surface area contributed by atoms with Gasteiger partial charge in [-0.3, -0.25) is 10.1 Å². The Kier molecular flexibility index (Phi) is 7.17. The van der Waals surface area contributed by atoms with E-state index >= 15 is 0 Å². The normalized spacial score (nSPS) is 10.4. The van der Waals surface area contributed by atoms with Gasteiger partial charge in [0.15, 0.2) is 16.6 Å². The summed E-state index contributed by atoms with van der Waals surface area (Å²) in [6.45, 7) is 2.63. The largest absolute Gasteiger partial charge is 0.493 e. The molecule has 0 radical (unpaired) electrons. The van der Waals surface area contributed by atoms with Crippen LogP contribution in [-0.4, -0.2) is 31.8 Å². The van der Waals surface area contributed by atoms with Crippen LogP contribution in [0.25, 0.3) is 6.08 Å². The van der Waals surface area contributed by atoms with Gasteiger partial charge in [0.05, 0.1) is 14.2 Å². The number of nitrogens with zero attached hydrogens (tertiary/aromatic N) is 1. The minimum absolute atomic E-state index is 0.292. The maximum absolute atomic E-state index is 12.2. The van der Waals surface area contributed by atoms with Gasteiger partial charge in [0.1, 0.15) is 0 Å². The number of benzene rings is 2. The third kappa shape index (κ3) is 5.07. The Morgan fingerprint density at radius 1 is 1.12 bits per heavy atom. The van der Waals surface area contributed by atoms with Crippen LogP contribution in [0, 0.1) is 0 Å². The van der Waals surface area contributed by atoms with Crippen LogP contribution >= 0.6 is 12.2 Å². The number of thiocarbonyl (C=S) groups is 1. The quantitative estimate of drug-likeness (QED) is 0.621. The first-order valence-electron chi connectivity index (χ1n) is 8.16. The summed E-state index contributed by atoms with van der Waals surface area (Å²) in [6, 6.07) is 15.1. The third-order valence-corrected chi connectivity index (χ3v) is 4.02. The molecule has 0 heterocycles. The van der Waals surface area contributed by atoms with E-state index in [9.17, 15) is 4.79 Å². The third-order valence-electron chi connectivity index (χ3n) is 3.69. The molecule has 0 aliphatic rings. The van der Waals surface area contributed by atoms with Crippen molar-refractivity contribution in [3.05, 3.63) is 60.2 Å². The summed E-state index contributed by atoms with van der Waals surface area (Å²) in [7, 11) is 3.15. The van der Waals surface area contributed by atoms with Gasteiger partial charge in [-0.1, -0.05) is 24.3 Å². The fraction of sp³-hybridized carbons (Fsp3) is 0.200. The number of hydrogen-bond donors (Lipinski definition) is 1. The smallest absolute Gasteiger partial charge is 0.250 e. The Labute approximate surface area is 159 Å². The summed E-state index contributed by atoms with van der Waals surface area (Å²) < 4.78 is 10.5. The molecule has 6 heteroatoms. The second-order valence-electron chi connectivity index (χ2n) is 5.32. The van der Waals surface area contributed by atoms with Crippen molar-refractivity contribution in [2.24, 2.45) is 0 Å². The van der Waals surface area contributed by atoms with E-state index in [1.54, 1.807) is 32.4 Å². The average molecular weight is 370 g/mol. The van der Waals surface area contributed by atoms with Crippen LogP contribution in [0.15, 0.2) is 54.6 Å². The molecule has 0 unspecified atom stereocenters. The van der Waals surface area contributed by atoms with Crippen LogP contribution in [0.5, 0.6) is 11.5 Å². The van der Waals surface area contributed by atoms with Crippen LogP contribution in [0.1, 0.15) is 12.5 Å². The molecule has 1 N–H and O–H groups in total. The number of methoxy groups -OCH3 is 2. The number of hydrogen-bond acceptors (Lipinski definition) is 4. The molecule has 2 aromatic rings. The van der Waals surface area contributed by atoms with Gasteiger partial charge in [-0.05, 0) is 55.0 Å². The second kappa shape index (κ2) is 9.58. The topological polar surface area (TPSA) is 50.8 Å². The number of carbonyl (C=O) groups is 1. The summed E-state index contributed by atoms with van der Waals surface area (Å²) in [5.74, 6) is 0.947. The molecule has 2 aromatic carbocycles. The first-order valence-corrected chi connectivity index (χ1v) is 8.57. The summed E-state index contributed by atoms with van der Waals surface area (Å²) in [5.41, 5.74) is 1.75. The van der Waals surface area contributed by atoms with Crippen molar-refractivity contribution in [3.63, 3.8) is 0 Å². The number of carbonyl (C=O) groups excluding carboxylic acids is 1. The van der Waals surface area contributed by atoms with Gasteiger partial charge < -0.3 is 14.4 Å². The Morgan fingerprint density at radius 3 is 2.42 bits per heavy atom. The zero-order valence-electron chi connectivity index (χ0n) is 15.1. The molecule has 0 fully saturated rings. The Hall–Kier alpha value is -2.86. The monoisotopic (exact) mass is 370 g/mol. The highest BCUT2D eigenvalue weighted by molar-refractivity contribution is 7.80. The van der Waals surface area contributed by atoms with Crippen LogP contribution in [0.4, 0.5) is 5.69 Å². The molecule has 136 valence electrons. The summed E-state index contributed by atoms with van der Waals surface area (Å²) in [5, 5.41) is 3.09. The molecule has 0 saturated heterocycles. The minimum Gasteiger partial charge on any atom is -0.493 e. The molecule has 0 spiro atoms. The van der Waals surface area contributed by atoms with E-state index in [4.69, 9.17) is 21.7 Å². The van der Waals surface area contributed by atoms with Gasteiger partial charge in [0.25, 0.3) is 0 Å². The van der Waals surface area contributed by atoms with Crippen molar-refractivity contribution < 1.29 is 14.3 Å². The molecule has 26 heavy (non-hydrogen) atoms. The van der Waals surface area contributed by atoms with Crippen molar-refractivity contribution in [2.75, 3.05) is 25.7 Å². The zero-order valence-corrected chi connectivity index (χ0v) is 15.9. The van der Waals surface area contributed by atoms with Crippen molar-refractivity contribution in [3.8, 4) is 11.5 Å². The highest BCUT2D eigenvalue weighted by atomic mass is 32.1. The Morgan fingerprint density at radius 2 is 1.81 bits per heavy atom. The maximum atomic E-state index is 12.2. The van der Waals surface area contributed by atoms with E-state index < -0.39 is 0 Å². The number of amides is 1. The van der Waals surface area contributed by atoms with E-state index in [2.05, 4.69) is 5.32 Å². The lowest BCUT2D eigenvalue weighted by Gasteiger charge is -2.23. The van der Waals surface area contributed by atoms with Gasteiger partial charge in [0.2, 0.25) is 5.91 Å². The molecule has 1 amide bonds. The number of nitrogens with one attached hydrogen (secondary N) is 1. The van der Waals surface area contributed by atoms with Gasteiger partial charge >= 0.3 is 0 Å². The second-order valence-corrected chi connectivity index (χ2v) is 5.71. The molecule has 2 rings (SSSR count). The van der Waals surface area contributed by atoms with Crippen molar-refractivity contribution in [1.82, 2.24) is 5.32 Å². The minimum atomic E-state index is -0.292. The number of para-hydroxylation sites is 1. The lowest BCUT2D eigenvalue weighted by atomic mass is 10.2. The van der Waals surface area contributed by atoms with Crippen LogP contribution in [-0.2, 0) is 4.79 Å². The molecule has 0 aliphatic carbocycles. The maximum Gasteiger partial charge on any atom is 0.250 e. The first kappa shape index (κ1) is 19.5. The molecule has 0 bridgehead atoms. The van der Waals surface area contributed by atoms with Crippen molar-refractivity contribution in [1.29, 1.82) is 0 Å². The molecule has 0 aliphatic heterocycles. The van der Waals surface area contributed by atoms with E-state index in [1.165, 1.54) is 6.08 Å². The van der Waals surface area contributed by atoms with Crippen LogP contribution in [0.3, 0.4) is 0 Å². The van der Waals surface area contributed by atoms with E-state index in [0.717, 1.165) is 11.3 Å². The Balaban J connectivity index is 2.03. The fourth-order valence-electron chi connectivity index (χ4n) is 2.39. The molecule has 0 aromatic heterocycles. The van der Waals surface area contributed by atoms with Gasteiger partial charge in [0, 0.05) is 18.3 Å².